The summed E-state index contributed by atoms with van der Waals surface area (Å²) in [4.78, 5) is 12.4. The van der Waals surface area contributed by atoms with E-state index < -0.39 is 10.0 Å². The lowest BCUT2D eigenvalue weighted by molar-refractivity contribution is 0.0937. The molecule has 1 fully saturated rings. The minimum absolute atomic E-state index is 0.0135. The zero-order valence-electron chi connectivity index (χ0n) is 16.8. The van der Waals surface area contributed by atoms with Crippen molar-refractivity contribution in [1.82, 2.24) is 10.0 Å². The van der Waals surface area contributed by atoms with Crippen molar-refractivity contribution in [2.75, 3.05) is 13.2 Å². The Morgan fingerprint density at radius 2 is 2.04 bits per heavy atom. The number of carbonyl (C=O) groups is 1. The summed E-state index contributed by atoms with van der Waals surface area (Å²) >= 11 is 6.10. The van der Waals surface area contributed by atoms with Gasteiger partial charge in [-0.1, -0.05) is 38.3 Å². The van der Waals surface area contributed by atoms with Gasteiger partial charge >= 0.3 is 0 Å². The molecule has 1 saturated heterocycles. The molecule has 1 amide bonds. The van der Waals surface area contributed by atoms with Crippen LogP contribution in [0.5, 0.6) is 0 Å². The number of hydrogen-bond donors (Lipinski definition) is 2. The maximum Gasteiger partial charge on any atom is 0.251 e. The summed E-state index contributed by atoms with van der Waals surface area (Å²) in [5.41, 5.74) is 0.276. The predicted octanol–water partition coefficient (Wildman–Crippen LogP) is 3.74. The fraction of sp³-hybridized carbons (Fsp3) is 0.650. The van der Waals surface area contributed by atoms with Crippen LogP contribution in [0.3, 0.4) is 0 Å². The van der Waals surface area contributed by atoms with E-state index in [1.807, 2.05) is 6.92 Å². The molecule has 2 rings (SSSR count). The number of benzene rings is 1. The fourth-order valence-corrected chi connectivity index (χ4v) is 4.74. The zero-order chi connectivity index (χ0) is 20.7. The highest BCUT2D eigenvalue weighted by molar-refractivity contribution is 7.89. The highest BCUT2D eigenvalue weighted by Gasteiger charge is 2.23. The van der Waals surface area contributed by atoms with Crippen molar-refractivity contribution in [3.8, 4) is 0 Å². The molecule has 8 heteroatoms. The van der Waals surface area contributed by atoms with Gasteiger partial charge in [-0.15, -0.1) is 0 Å². The maximum atomic E-state index is 12.6. The summed E-state index contributed by atoms with van der Waals surface area (Å²) in [7, 11) is -3.83. The van der Waals surface area contributed by atoms with Gasteiger partial charge in [0, 0.05) is 24.8 Å². The van der Waals surface area contributed by atoms with Gasteiger partial charge in [-0.2, -0.15) is 0 Å². The Morgan fingerprint density at radius 1 is 1.29 bits per heavy atom. The summed E-state index contributed by atoms with van der Waals surface area (Å²) in [6, 6.07) is 4.33. The number of carbonyl (C=O) groups excluding carboxylic acids is 1. The minimum Gasteiger partial charge on any atom is -0.377 e. The zero-order valence-corrected chi connectivity index (χ0v) is 18.4. The van der Waals surface area contributed by atoms with Crippen molar-refractivity contribution < 1.29 is 17.9 Å². The number of halogens is 1. The van der Waals surface area contributed by atoms with E-state index in [2.05, 4.69) is 23.9 Å². The molecule has 0 saturated carbocycles. The summed E-state index contributed by atoms with van der Waals surface area (Å²) in [6.07, 6.45) is 4.66. The molecule has 1 heterocycles. The molecule has 2 N–H and O–H groups in total. The Labute approximate surface area is 173 Å². The average molecular weight is 431 g/mol. The number of rotatable bonds is 10. The quantitative estimate of drug-likeness (QED) is 0.592. The van der Waals surface area contributed by atoms with Gasteiger partial charge in [0.15, 0.2) is 0 Å². The highest BCUT2D eigenvalue weighted by Crippen LogP contribution is 2.23. The Hall–Kier alpha value is -1.15. The van der Waals surface area contributed by atoms with Crippen LogP contribution in [0.25, 0.3) is 0 Å². The van der Waals surface area contributed by atoms with Crippen LogP contribution in [-0.4, -0.2) is 39.6 Å². The van der Waals surface area contributed by atoms with Crippen molar-refractivity contribution >= 4 is 27.5 Å². The van der Waals surface area contributed by atoms with Crippen molar-refractivity contribution in [2.45, 2.75) is 69.9 Å². The van der Waals surface area contributed by atoms with Crippen LogP contribution in [0.15, 0.2) is 23.1 Å². The van der Waals surface area contributed by atoms with Gasteiger partial charge in [0.1, 0.15) is 4.90 Å². The standard InChI is InChI=1S/C20H31ClN2O4S/c1-14(2)6-4-7-15(3)23-20(24)16-9-10-18(21)19(12-16)28(25,26)22-13-17-8-5-11-27-17/h9-10,12,14-15,17,22H,4-8,11,13H2,1-3H3,(H,23,24). The normalized spacial score (nSPS) is 18.4. The first-order chi connectivity index (χ1) is 13.2. The Bertz CT molecular complexity index is 761. The lowest BCUT2D eigenvalue weighted by Crippen LogP contribution is -2.33. The molecule has 0 aliphatic carbocycles. The van der Waals surface area contributed by atoms with Gasteiger partial charge in [0.25, 0.3) is 5.91 Å². The van der Waals surface area contributed by atoms with Gasteiger partial charge in [-0.3, -0.25) is 4.79 Å². The fourth-order valence-electron chi connectivity index (χ4n) is 3.15. The molecular formula is C20H31ClN2O4S. The third kappa shape index (κ3) is 7.03. The maximum absolute atomic E-state index is 12.6. The first-order valence-corrected chi connectivity index (χ1v) is 11.8. The van der Waals surface area contributed by atoms with Gasteiger partial charge in [0.2, 0.25) is 10.0 Å². The Morgan fingerprint density at radius 3 is 2.68 bits per heavy atom. The van der Waals surface area contributed by atoms with E-state index >= 15 is 0 Å². The second-order valence-electron chi connectivity index (χ2n) is 7.83. The van der Waals surface area contributed by atoms with Gasteiger partial charge < -0.3 is 10.1 Å². The van der Waals surface area contributed by atoms with E-state index in [9.17, 15) is 13.2 Å². The molecule has 0 bridgehead atoms. The topological polar surface area (TPSA) is 84.5 Å². The molecule has 6 nitrogen and oxygen atoms in total. The van der Waals surface area contributed by atoms with Gasteiger partial charge in [-0.05, 0) is 50.3 Å². The average Bonchev–Trinajstić information content (AvgIpc) is 3.13. The lowest BCUT2D eigenvalue weighted by Gasteiger charge is -2.16. The molecular weight excluding hydrogens is 400 g/mol. The highest BCUT2D eigenvalue weighted by atomic mass is 35.5. The SMILES string of the molecule is CC(C)CCCC(C)NC(=O)c1ccc(Cl)c(S(=O)(=O)NCC2CCCO2)c1. The molecule has 28 heavy (non-hydrogen) atoms. The monoisotopic (exact) mass is 430 g/mol. The molecule has 1 aromatic carbocycles. The van der Waals surface area contributed by atoms with E-state index in [4.69, 9.17) is 16.3 Å². The van der Waals surface area contributed by atoms with Crippen LogP contribution in [0.1, 0.15) is 63.2 Å². The summed E-state index contributed by atoms with van der Waals surface area (Å²) in [5, 5.41) is 3.01. The van der Waals surface area contributed by atoms with Crippen LogP contribution in [0, 0.1) is 5.92 Å². The van der Waals surface area contributed by atoms with Crippen LogP contribution in [0.4, 0.5) is 0 Å². The minimum atomic E-state index is -3.83. The van der Waals surface area contributed by atoms with E-state index in [0.29, 0.717) is 12.5 Å². The number of sulfonamides is 1. The van der Waals surface area contributed by atoms with Crippen LogP contribution in [0.2, 0.25) is 5.02 Å². The predicted molar refractivity (Wildman–Crippen MR) is 111 cm³/mol. The van der Waals surface area contributed by atoms with Crippen molar-refractivity contribution in [2.24, 2.45) is 5.92 Å². The molecule has 0 radical (unpaired) electrons. The molecule has 158 valence electrons. The molecule has 1 aliphatic heterocycles. The lowest BCUT2D eigenvalue weighted by atomic mass is 10.0. The molecule has 2 unspecified atom stereocenters. The van der Waals surface area contributed by atoms with E-state index in [0.717, 1.165) is 32.1 Å². The Kier molecular flexibility index (Phi) is 8.74. The number of amides is 1. The molecule has 0 aromatic heterocycles. The van der Waals surface area contributed by atoms with Crippen molar-refractivity contribution in [3.63, 3.8) is 0 Å². The molecule has 2 atom stereocenters. The number of ether oxygens (including phenoxy) is 1. The van der Waals surface area contributed by atoms with Gasteiger partial charge in [-0.25, -0.2) is 13.1 Å². The second kappa shape index (κ2) is 10.6. The largest absolute Gasteiger partial charge is 0.377 e. The van der Waals surface area contributed by atoms with E-state index in [1.54, 1.807) is 0 Å². The third-order valence-electron chi connectivity index (χ3n) is 4.80. The molecule has 1 aliphatic rings. The van der Waals surface area contributed by atoms with Gasteiger partial charge in [0.05, 0.1) is 11.1 Å². The van der Waals surface area contributed by atoms with Crippen LogP contribution >= 0.6 is 11.6 Å². The van der Waals surface area contributed by atoms with Crippen molar-refractivity contribution in [1.29, 1.82) is 0 Å². The number of hydrogen-bond acceptors (Lipinski definition) is 4. The van der Waals surface area contributed by atoms with E-state index in [1.165, 1.54) is 18.2 Å². The first kappa shape index (κ1) is 23.1. The summed E-state index contributed by atoms with van der Waals surface area (Å²) in [6.45, 7) is 7.15. The molecule has 0 spiro atoms. The van der Waals surface area contributed by atoms with E-state index in [-0.39, 0.29) is 40.1 Å². The first-order valence-electron chi connectivity index (χ1n) is 9.90. The summed E-state index contributed by atoms with van der Waals surface area (Å²) in [5.74, 6) is 0.332. The smallest absolute Gasteiger partial charge is 0.251 e. The van der Waals surface area contributed by atoms with Crippen molar-refractivity contribution in [3.05, 3.63) is 28.8 Å². The molecule has 1 aromatic rings. The third-order valence-corrected chi connectivity index (χ3v) is 6.71. The summed E-state index contributed by atoms with van der Waals surface area (Å²) < 4.78 is 33.2. The van der Waals surface area contributed by atoms with Crippen LogP contribution in [-0.2, 0) is 14.8 Å². The Balaban J connectivity index is 2.01. The second-order valence-corrected chi connectivity index (χ2v) is 9.97. The van der Waals surface area contributed by atoms with Crippen LogP contribution < -0.4 is 10.0 Å². The number of nitrogens with one attached hydrogen (secondary N) is 2.